The number of aliphatic imine (C=N–C) groups is 1. The van der Waals surface area contributed by atoms with Crippen LogP contribution in [0.2, 0.25) is 0 Å². The van der Waals surface area contributed by atoms with Gasteiger partial charge in [0.15, 0.2) is 5.96 Å². The van der Waals surface area contributed by atoms with E-state index in [4.69, 9.17) is 10.5 Å². The second-order valence-electron chi connectivity index (χ2n) is 6.21. The van der Waals surface area contributed by atoms with E-state index in [1.807, 2.05) is 19.9 Å². The molecule has 0 saturated heterocycles. The monoisotopic (exact) mass is 442 g/mol. The molecule has 1 aliphatic heterocycles. The van der Waals surface area contributed by atoms with Gasteiger partial charge in [-0.1, -0.05) is 55.6 Å². The van der Waals surface area contributed by atoms with Crippen LogP contribution in [-0.4, -0.2) is 30.5 Å². The molecule has 4 N–H and O–H groups in total. The van der Waals surface area contributed by atoms with E-state index in [-0.39, 0.29) is 10.9 Å². The molecular formula is C21H39BrN4O. The Morgan fingerprint density at radius 1 is 1.44 bits per heavy atom. The lowest BCUT2D eigenvalue weighted by Crippen LogP contribution is -2.43. The van der Waals surface area contributed by atoms with E-state index < -0.39 is 0 Å². The molecule has 1 heterocycles. The predicted octanol–water partition coefficient (Wildman–Crippen LogP) is 4.96. The fraction of sp³-hybridized carbons (Fsp3) is 0.667. The molecule has 6 heteroatoms. The third kappa shape index (κ3) is 10.5. The highest BCUT2D eigenvalue weighted by Crippen LogP contribution is 2.22. The molecule has 0 radical (unpaired) electrons. The van der Waals surface area contributed by atoms with E-state index in [0.29, 0.717) is 5.96 Å². The summed E-state index contributed by atoms with van der Waals surface area (Å²) in [6, 6.07) is 0.0742. The molecule has 5 nitrogen and oxygen atoms in total. The molecule has 1 rings (SSSR count). The smallest absolute Gasteiger partial charge is 0.194 e. The molecule has 0 aromatic carbocycles. The molecular weight excluding hydrogens is 404 g/mol. The summed E-state index contributed by atoms with van der Waals surface area (Å²) in [6.07, 6.45) is 10.2. The topological polar surface area (TPSA) is 71.7 Å². The van der Waals surface area contributed by atoms with Crippen LogP contribution < -0.4 is 16.4 Å². The van der Waals surface area contributed by atoms with Gasteiger partial charge in [-0.3, -0.25) is 0 Å². The number of hydrogen-bond donors (Lipinski definition) is 3. The van der Waals surface area contributed by atoms with Crippen molar-refractivity contribution in [1.29, 1.82) is 0 Å². The Labute approximate surface area is 174 Å². The Balaban J connectivity index is 0.00000326. The summed E-state index contributed by atoms with van der Waals surface area (Å²) in [7, 11) is 1.72. The van der Waals surface area contributed by atoms with Gasteiger partial charge >= 0.3 is 0 Å². The van der Waals surface area contributed by atoms with E-state index in [1.165, 1.54) is 18.4 Å². The second-order valence-corrected chi connectivity index (χ2v) is 7.39. The summed E-state index contributed by atoms with van der Waals surface area (Å²) in [5, 5.41) is 6.69. The van der Waals surface area contributed by atoms with Crippen LogP contribution in [0, 0.1) is 0 Å². The summed E-state index contributed by atoms with van der Waals surface area (Å²) >= 11 is 3.55. The van der Waals surface area contributed by atoms with E-state index in [2.05, 4.69) is 58.1 Å². The minimum Gasteiger partial charge on any atom is -0.501 e. The van der Waals surface area contributed by atoms with Gasteiger partial charge in [-0.15, -0.1) is 6.58 Å². The highest BCUT2D eigenvalue weighted by molar-refractivity contribution is 9.09. The third-order valence-electron chi connectivity index (χ3n) is 4.22. The number of methoxy groups -OCH3 is 1. The highest BCUT2D eigenvalue weighted by atomic mass is 79.9. The van der Waals surface area contributed by atoms with Crippen LogP contribution >= 0.6 is 15.9 Å². The molecule has 0 aliphatic carbocycles. The van der Waals surface area contributed by atoms with Crippen molar-refractivity contribution in [3.05, 3.63) is 35.9 Å². The Bertz CT molecular complexity index is 514. The fourth-order valence-corrected chi connectivity index (χ4v) is 2.89. The first kappa shape index (κ1) is 25.6. The van der Waals surface area contributed by atoms with Crippen molar-refractivity contribution in [2.24, 2.45) is 10.7 Å². The number of hydrogen-bond acceptors (Lipinski definition) is 5. The minimum atomic E-state index is 0.0742. The maximum atomic E-state index is 5.90. The Morgan fingerprint density at radius 2 is 2.15 bits per heavy atom. The number of alkyl halides is 1. The maximum absolute atomic E-state index is 5.90. The van der Waals surface area contributed by atoms with Gasteiger partial charge in [-0.05, 0) is 37.8 Å². The van der Waals surface area contributed by atoms with Gasteiger partial charge in [0, 0.05) is 17.8 Å². The van der Waals surface area contributed by atoms with Crippen molar-refractivity contribution >= 4 is 21.9 Å². The van der Waals surface area contributed by atoms with Crippen molar-refractivity contribution in [3.8, 4) is 0 Å². The number of nitrogens with one attached hydrogen (secondary N) is 2. The first-order valence-electron chi connectivity index (χ1n) is 10.1. The molecule has 156 valence electrons. The van der Waals surface area contributed by atoms with Gasteiger partial charge in [-0.2, -0.15) is 0 Å². The Kier molecular flexibility index (Phi) is 14.8. The van der Waals surface area contributed by atoms with E-state index in [0.717, 1.165) is 43.8 Å². The number of nitrogens with two attached hydrogens (primary N) is 1. The molecule has 0 unspecified atom stereocenters. The Hall–Kier alpha value is -1.43. The summed E-state index contributed by atoms with van der Waals surface area (Å²) in [5.41, 5.74) is 7.14. The van der Waals surface area contributed by atoms with Crippen molar-refractivity contribution in [1.82, 2.24) is 10.6 Å². The molecule has 0 aromatic rings. The number of ether oxygens (including phenoxy) is 1. The van der Waals surface area contributed by atoms with Crippen molar-refractivity contribution in [2.45, 2.75) is 77.1 Å². The van der Waals surface area contributed by atoms with Gasteiger partial charge in [0.1, 0.15) is 5.82 Å². The third-order valence-corrected chi connectivity index (χ3v) is 4.97. The SMILES string of the molecule is C=C[C@@H](Br)C/C=C(\CCC1=C(NCCCCC)NC(N)=N[C@H]1C)OC.CC. The zero-order valence-electron chi connectivity index (χ0n) is 17.8. The zero-order valence-corrected chi connectivity index (χ0v) is 19.4. The first-order valence-corrected chi connectivity index (χ1v) is 11.0. The molecule has 0 amide bonds. The largest absolute Gasteiger partial charge is 0.501 e. The molecule has 0 spiro atoms. The van der Waals surface area contributed by atoms with E-state index in [1.54, 1.807) is 7.11 Å². The zero-order chi connectivity index (χ0) is 20.7. The van der Waals surface area contributed by atoms with Gasteiger partial charge in [0.05, 0.1) is 18.9 Å². The number of rotatable bonds is 12. The number of allylic oxidation sites excluding steroid dienone is 3. The van der Waals surface area contributed by atoms with Crippen molar-refractivity contribution in [3.63, 3.8) is 0 Å². The standard InChI is InChI=1S/C19H33BrN4O.C2H6/c1-5-7-8-13-22-18-17(14(3)23-19(21)24-18)12-11-16(25-4)10-9-15(20)6-2;1-2/h6,10,14-15,22H,2,5,7-9,11-13H2,1,3-4H3,(H3,21,23,24);1-2H3/b16-10+;/t14-,15+;/m0./s1. The number of guanidine groups is 1. The minimum absolute atomic E-state index is 0.0742. The lowest BCUT2D eigenvalue weighted by atomic mass is 10.0. The second kappa shape index (κ2) is 15.6. The van der Waals surface area contributed by atoms with Crippen LogP contribution in [0.4, 0.5) is 0 Å². The van der Waals surface area contributed by atoms with Crippen LogP contribution in [0.3, 0.4) is 0 Å². The number of unbranched alkanes of at least 4 members (excludes halogenated alkanes) is 2. The van der Waals surface area contributed by atoms with Crippen LogP contribution in [0.15, 0.2) is 40.9 Å². The highest BCUT2D eigenvalue weighted by Gasteiger charge is 2.20. The van der Waals surface area contributed by atoms with Gasteiger partial charge in [-0.25, -0.2) is 4.99 Å². The molecule has 2 atom stereocenters. The van der Waals surface area contributed by atoms with Crippen LogP contribution in [0.1, 0.15) is 66.2 Å². The average Bonchev–Trinajstić information content (AvgIpc) is 2.67. The first-order chi connectivity index (χ1) is 13.0. The molecule has 0 aromatic heterocycles. The van der Waals surface area contributed by atoms with Crippen LogP contribution in [0.5, 0.6) is 0 Å². The molecule has 0 bridgehead atoms. The molecule has 0 saturated carbocycles. The van der Waals surface area contributed by atoms with Crippen LogP contribution in [-0.2, 0) is 4.74 Å². The number of halogens is 1. The molecule has 1 aliphatic rings. The number of nitrogens with zero attached hydrogens (tertiary/aromatic N) is 1. The van der Waals surface area contributed by atoms with Crippen molar-refractivity contribution in [2.75, 3.05) is 13.7 Å². The summed E-state index contributed by atoms with van der Waals surface area (Å²) in [6.45, 7) is 13.0. The maximum Gasteiger partial charge on any atom is 0.194 e. The fourth-order valence-electron chi connectivity index (χ4n) is 2.70. The lowest BCUT2D eigenvalue weighted by Gasteiger charge is -2.26. The quantitative estimate of drug-likeness (QED) is 0.173. The summed E-state index contributed by atoms with van der Waals surface area (Å²) < 4.78 is 5.52. The van der Waals surface area contributed by atoms with Gasteiger partial charge in [0.2, 0.25) is 0 Å². The average molecular weight is 443 g/mol. The van der Waals surface area contributed by atoms with Gasteiger partial charge in [0.25, 0.3) is 0 Å². The van der Waals surface area contributed by atoms with E-state index >= 15 is 0 Å². The summed E-state index contributed by atoms with van der Waals surface area (Å²) in [5.74, 6) is 2.47. The molecule has 0 fully saturated rings. The van der Waals surface area contributed by atoms with E-state index in [9.17, 15) is 0 Å². The van der Waals surface area contributed by atoms with Crippen molar-refractivity contribution < 1.29 is 4.74 Å². The Morgan fingerprint density at radius 3 is 2.74 bits per heavy atom. The summed E-state index contributed by atoms with van der Waals surface area (Å²) in [4.78, 5) is 4.73. The predicted molar refractivity (Wildman–Crippen MR) is 122 cm³/mol. The normalized spacial score (nSPS) is 17.9. The lowest BCUT2D eigenvalue weighted by molar-refractivity contribution is 0.274. The van der Waals surface area contributed by atoms with Crippen LogP contribution in [0.25, 0.3) is 0 Å². The van der Waals surface area contributed by atoms with Gasteiger partial charge < -0.3 is 21.1 Å². The molecule has 27 heavy (non-hydrogen) atoms.